The van der Waals surface area contributed by atoms with Crippen LogP contribution < -0.4 is 4.90 Å². The summed E-state index contributed by atoms with van der Waals surface area (Å²) in [7, 11) is 1.91. The van der Waals surface area contributed by atoms with Crippen molar-refractivity contribution >= 4 is 50.0 Å². The lowest BCUT2D eigenvalue weighted by Gasteiger charge is -2.34. The van der Waals surface area contributed by atoms with Gasteiger partial charge in [0.1, 0.15) is 0 Å². The van der Waals surface area contributed by atoms with E-state index in [1.807, 2.05) is 22.7 Å². The molecule has 3 aromatic rings. The van der Waals surface area contributed by atoms with Gasteiger partial charge in [0.2, 0.25) is 5.91 Å². The summed E-state index contributed by atoms with van der Waals surface area (Å²) in [5, 5.41) is 12.6. The Morgan fingerprint density at radius 3 is 2.79 bits per heavy atom. The van der Waals surface area contributed by atoms with Crippen LogP contribution in [-0.2, 0) is 11.8 Å². The van der Waals surface area contributed by atoms with Crippen molar-refractivity contribution in [1.29, 1.82) is 0 Å². The molecule has 0 radical (unpaired) electrons. The number of nitrogens with zero attached hydrogens (tertiary/aromatic N) is 6. The van der Waals surface area contributed by atoms with Gasteiger partial charge < -0.3 is 14.4 Å². The Balaban J connectivity index is 1.36. The molecule has 4 rings (SSSR count). The van der Waals surface area contributed by atoms with Crippen LogP contribution in [-0.4, -0.2) is 62.2 Å². The summed E-state index contributed by atoms with van der Waals surface area (Å²) in [6, 6.07) is 4.72. The summed E-state index contributed by atoms with van der Waals surface area (Å²) < 4.78 is 2.70. The molecule has 0 aliphatic carbocycles. The van der Waals surface area contributed by atoms with Gasteiger partial charge in [-0.25, -0.2) is 9.97 Å². The lowest BCUT2D eigenvalue weighted by atomic mass is 10.3. The SMILES string of the molecule is Cn1ccnc1SCC(=O)N1CCN(c2nc3ccc([N+](=O)[O-])cc3s2)CC1. The maximum atomic E-state index is 12.5. The first-order valence-corrected chi connectivity index (χ1v) is 10.5. The first-order chi connectivity index (χ1) is 13.5. The maximum Gasteiger partial charge on any atom is 0.270 e. The summed E-state index contributed by atoms with van der Waals surface area (Å²) in [6.07, 6.45) is 3.58. The molecule has 2 aromatic heterocycles. The monoisotopic (exact) mass is 418 g/mol. The van der Waals surface area contributed by atoms with E-state index in [0.29, 0.717) is 31.9 Å². The number of thiazole rings is 1. The fourth-order valence-electron chi connectivity index (χ4n) is 3.01. The van der Waals surface area contributed by atoms with Gasteiger partial charge in [0, 0.05) is 57.8 Å². The number of non-ortho nitro benzene ring substituents is 1. The number of anilines is 1. The Morgan fingerprint density at radius 1 is 1.32 bits per heavy atom. The zero-order valence-corrected chi connectivity index (χ0v) is 16.8. The number of thioether (sulfide) groups is 1. The van der Waals surface area contributed by atoms with Crippen molar-refractivity contribution in [2.45, 2.75) is 5.16 Å². The van der Waals surface area contributed by atoms with Crippen molar-refractivity contribution in [2.24, 2.45) is 7.05 Å². The standard InChI is InChI=1S/C17H18N6O3S2/c1-20-5-4-18-16(20)27-11-15(24)21-6-8-22(9-7-21)17-19-13-3-2-12(23(25)26)10-14(13)28-17/h2-5,10H,6-9,11H2,1H3. The molecular weight excluding hydrogens is 400 g/mol. The van der Waals surface area contributed by atoms with Gasteiger partial charge in [0.25, 0.3) is 5.69 Å². The third-order valence-electron chi connectivity index (χ3n) is 4.58. The molecule has 28 heavy (non-hydrogen) atoms. The first kappa shape index (κ1) is 18.7. The van der Waals surface area contributed by atoms with Crippen LogP contribution in [0.15, 0.2) is 35.7 Å². The minimum Gasteiger partial charge on any atom is -0.345 e. The molecule has 1 saturated heterocycles. The fourth-order valence-corrected chi connectivity index (χ4v) is 4.89. The molecule has 0 atom stereocenters. The number of fused-ring (bicyclic) bond motifs is 1. The van der Waals surface area contributed by atoms with Crippen LogP contribution in [0.25, 0.3) is 10.2 Å². The van der Waals surface area contributed by atoms with Gasteiger partial charge >= 0.3 is 0 Å². The smallest absolute Gasteiger partial charge is 0.270 e. The van der Waals surface area contributed by atoms with E-state index in [1.54, 1.807) is 18.3 Å². The average molecular weight is 419 g/mol. The lowest BCUT2D eigenvalue weighted by Crippen LogP contribution is -2.49. The highest BCUT2D eigenvalue weighted by Crippen LogP contribution is 2.31. The lowest BCUT2D eigenvalue weighted by molar-refractivity contribution is -0.384. The third kappa shape index (κ3) is 3.80. The molecule has 0 unspecified atom stereocenters. The van der Waals surface area contributed by atoms with Crippen LogP contribution >= 0.6 is 23.1 Å². The van der Waals surface area contributed by atoms with E-state index in [4.69, 9.17) is 0 Å². The number of imidazole rings is 1. The van der Waals surface area contributed by atoms with Gasteiger partial charge in [-0.1, -0.05) is 23.1 Å². The predicted octanol–water partition coefficient (Wildman–Crippen LogP) is 2.38. The molecule has 3 heterocycles. The molecule has 0 bridgehead atoms. The molecular formula is C17H18N6O3S2. The number of hydrogen-bond acceptors (Lipinski definition) is 8. The van der Waals surface area contributed by atoms with Crippen molar-refractivity contribution in [3.05, 3.63) is 40.7 Å². The Bertz CT molecular complexity index is 1030. The molecule has 11 heteroatoms. The number of rotatable bonds is 5. The second-order valence-electron chi connectivity index (χ2n) is 6.38. The molecule has 1 aliphatic heterocycles. The van der Waals surface area contributed by atoms with E-state index < -0.39 is 4.92 Å². The van der Waals surface area contributed by atoms with Crippen LogP contribution in [0.2, 0.25) is 0 Å². The number of benzene rings is 1. The summed E-state index contributed by atoms with van der Waals surface area (Å²) in [4.78, 5) is 35.8. The van der Waals surface area contributed by atoms with E-state index in [1.165, 1.54) is 29.2 Å². The highest BCUT2D eigenvalue weighted by atomic mass is 32.2. The minimum absolute atomic E-state index is 0.0725. The summed E-state index contributed by atoms with van der Waals surface area (Å²) in [5.74, 6) is 0.475. The maximum absolute atomic E-state index is 12.5. The van der Waals surface area contributed by atoms with E-state index in [2.05, 4.69) is 14.9 Å². The Kier molecular flexibility index (Phi) is 5.18. The van der Waals surface area contributed by atoms with Gasteiger partial charge in [-0.2, -0.15) is 0 Å². The van der Waals surface area contributed by atoms with Crippen LogP contribution in [0.5, 0.6) is 0 Å². The number of aryl methyl sites for hydroxylation is 1. The van der Waals surface area contributed by atoms with Gasteiger partial charge in [-0.3, -0.25) is 14.9 Å². The number of piperazine rings is 1. The topological polar surface area (TPSA) is 97.4 Å². The molecule has 0 spiro atoms. The number of nitro groups is 1. The molecule has 146 valence electrons. The van der Waals surface area contributed by atoms with Crippen LogP contribution in [0.1, 0.15) is 0 Å². The Labute approximate surface area is 169 Å². The number of hydrogen-bond donors (Lipinski definition) is 0. The van der Waals surface area contributed by atoms with Crippen LogP contribution in [0.3, 0.4) is 0 Å². The van der Waals surface area contributed by atoms with Crippen molar-refractivity contribution < 1.29 is 9.72 Å². The summed E-state index contributed by atoms with van der Waals surface area (Å²) >= 11 is 2.89. The number of nitro benzene ring substituents is 1. The zero-order valence-electron chi connectivity index (χ0n) is 15.1. The van der Waals surface area contributed by atoms with E-state index in [0.717, 1.165) is 20.5 Å². The highest BCUT2D eigenvalue weighted by molar-refractivity contribution is 7.99. The van der Waals surface area contributed by atoms with Crippen molar-refractivity contribution in [3.63, 3.8) is 0 Å². The Hall–Kier alpha value is -2.66. The zero-order chi connectivity index (χ0) is 19.7. The van der Waals surface area contributed by atoms with E-state index >= 15 is 0 Å². The molecule has 1 amide bonds. The van der Waals surface area contributed by atoms with Crippen molar-refractivity contribution in [3.8, 4) is 0 Å². The largest absolute Gasteiger partial charge is 0.345 e. The van der Waals surface area contributed by atoms with Gasteiger partial charge in [0.15, 0.2) is 10.3 Å². The number of carbonyl (C=O) groups is 1. The molecule has 0 saturated carbocycles. The second-order valence-corrected chi connectivity index (χ2v) is 8.33. The normalized spacial score (nSPS) is 14.6. The molecule has 0 N–H and O–H groups in total. The van der Waals surface area contributed by atoms with Crippen LogP contribution in [0.4, 0.5) is 10.8 Å². The summed E-state index contributed by atoms with van der Waals surface area (Å²) in [5.41, 5.74) is 0.832. The first-order valence-electron chi connectivity index (χ1n) is 8.69. The highest BCUT2D eigenvalue weighted by Gasteiger charge is 2.23. The number of amides is 1. The molecule has 9 nitrogen and oxygen atoms in total. The second kappa shape index (κ2) is 7.76. The van der Waals surface area contributed by atoms with Gasteiger partial charge in [-0.15, -0.1) is 0 Å². The quantitative estimate of drug-likeness (QED) is 0.356. The van der Waals surface area contributed by atoms with E-state index in [9.17, 15) is 14.9 Å². The molecule has 1 fully saturated rings. The number of aromatic nitrogens is 3. The molecule has 1 aliphatic rings. The minimum atomic E-state index is -0.397. The van der Waals surface area contributed by atoms with Crippen molar-refractivity contribution in [1.82, 2.24) is 19.4 Å². The average Bonchev–Trinajstić information content (AvgIpc) is 3.31. The summed E-state index contributed by atoms with van der Waals surface area (Å²) in [6.45, 7) is 2.66. The Morgan fingerprint density at radius 2 is 2.11 bits per heavy atom. The van der Waals surface area contributed by atoms with E-state index in [-0.39, 0.29) is 11.6 Å². The molecule has 1 aromatic carbocycles. The van der Waals surface area contributed by atoms with Gasteiger partial charge in [0.05, 0.1) is 20.9 Å². The van der Waals surface area contributed by atoms with Gasteiger partial charge in [-0.05, 0) is 6.07 Å². The predicted molar refractivity (Wildman–Crippen MR) is 109 cm³/mol. The number of carbonyl (C=O) groups excluding carboxylic acids is 1. The van der Waals surface area contributed by atoms with Crippen molar-refractivity contribution in [2.75, 3.05) is 36.8 Å². The fraction of sp³-hybridized carbons (Fsp3) is 0.353. The van der Waals surface area contributed by atoms with Crippen LogP contribution in [0, 0.1) is 10.1 Å². The third-order valence-corrected chi connectivity index (χ3v) is 6.70.